The van der Waals surface area contributed by atoms with Crippen LogP contribution in [-0.2, 0) is 0 Å². The Hall–Kier alpha value is -3.47. The number of hydrogen-bond donors (Lipinski definition) is 2. The number of amides is 2. The van der Waals surface area contributed by atoms with Crippen molar-refractivity contribution in [1.82, 2.24) is 5.32 Å². The zero-order chi connectivity index (χ0) is 18.5. The molecule has 0 spiro atoms. The number of hydrogen-bond acceptors (Lipinski definition) is 2. The van der Waals surface area contributed by atoms with E-state index >= 15 is 0 Å². The van der Waals surface area contributed by atoms with Gasteiger partial charge in [-0.3, -0.25) is 9.59 Å². The molecule has 0 bridgehead atoms. The molecule has 0 aliphatic carbocycles. The van der Waals surface area contributed by atoms with Crippen LogP contribution < -0.4 is 11.1 Å². The van der Waals surface area contributed by atoms with E-state index in [0.29, 0.717) is 11.1 Å². The van der Waals surface area contributed by atoms with Crippen molar-refractivity contribution in [2.45, 2.75) is 6.04 Å². The fraction of sp³-hybridized carbons (Fsp3) is 0.0476. The largest absolute Gasteiger partial charge is 0.366 e. The molecule has 0 aliphatic heterocycles. The molecule has 3 N–H and O–H groups in total. The average molecular weight is 348 g/mol. The molecule has 26 heavy (non-hydrogen) atoms. The summed E-state index contributed by atoms with van der Waals surface area (Å²) in [5.74, 6) is -1.20. The predicted molar refractivity (Wildman–Crippen MR) is 97.1 cm³/mol. The molecular weight excluding hydrogens is 331 g/mol. The molecule has 4 nitrogen and oxygen atoms in total. The van der Waals surface area contributed by atoms with Crippen LogP contribution in [0.5, 0.6) is 0 Å². The third kappa shape index (κ3) is 3.95. The Balaban J connectivity index is 1.89. The van der Waals surface area contributed by atoms with Crippen molar-refractivity contribution in [2.75, 3.05) is 0 Å². The highest BCUT2D eigenvalue weighted by molar-refractivity contribution is 5.97. The van der Waals surface area contributed by atoms with Gasteiger partial charge < -0.3 is 11.1 Å². The maximum absolute atomic E-state index is 13.3. The second kappa shape index (κ2) is 7.61. The molecule has 3 aromatic carbocycles. The molecule has 0 heterocycles. The van der Waals surface area contributed by atoms with Gasteiger partial charge in [-0.1, -0.05) is 42.5 Å². The number of carbonyl (C=O) groups excluding carboxylic acids is 2. The van der Waals surface area contributed by atoms with Crippen LogP contribution in [0, 0.1) is 5.82 Å². The molecular formula is C21H17FN2O2. The normalized spacial score (nSPS) is 11.6. The van der Waals surface area contributed by atoms with Crippen LogP contribution in [0.25, 0.3) is 0 Å². The van der Waals surface area contributed by atoms with E-state index in [1.807, 2.05) is 30.3 Å². The fourth-order valence-electron chi connectivity index (χ4n) is 2.66. The topological polar surface area (TPSA) is 72.2 Å². The Bertz CT molecular complexity index is 907. The lowest BCUT2D eigenvalue weighted by molar-refractivity contribution is 0.0940. The minimum absolute atomic E-state index is 0.306. The SMILES string of the molecule is NC(=O)c1ccc(C(=O)NC(c2ccccc2)c2ccc(F)cc2)cc1. The summed E-state index contributed by atoms with van der Waals surface area (Å²) >= 11 is 0. The van der Waals surface area contributed by atoms with Crippen molar-refractivity contribution >= 4 is 11.8 Å². The van der Waals surface area contributed by atoms with E-state index in [1.54, 1.807) is 24.3 Å². The third-order valence-electron chi connectivity index (χ3n) is 4.04. The number of rotatable bonds is 5. The van der Waals surface area contributed by atoms with Crippen molar-refractivity contribution in [3.63, 3.8) is 0 Å². The number of halogens is 1. The van der Waals surface area contributed by atoms with Crippen molar-refractivity contribution in [3.8, 4) is 0 Å². The maximum atomic E-state index is 13.3. The number of primary amides is 1. The quantitative estimate of drug-likeness (QED) is 0.741. The summed E-state index contributed by atoms with van der Waals surface area (Å²) in [5.41, 5.74) is 7.59. The van der Waals surface area contributed by atoms with Crippen LogP contribution in [0.1, 0.15) is 37.9 Å². The molecule has 1 unspecified atom stereocenters. The minimum Gasteiger partial charge on any atom is -0.366 e. The fourth-order valence-corrected chi connectivity index (χ4v) is 2.66. The lowest BCUT2D eigenvalue weighted by Crippen LogP contribution is -2.29. The maximum Gasteiger partial charge on any atom is 0.252 e. The van der Waals surface area contributed by atoms with E-state index in [-0.39, 0.29) is 11.7 Å². The summed E-state index contributed by atoms with van der Waals surface area (Å²) in [6.07, 6.45) is 0. The second-order valence-corrected chi connectivity index (χ2v) is 5.81. The van der Waals surface area contributed by atoms with Crippen LogP contribution in [-0.4, -0.2) is 11.8 Å². The highest BCUT2D eigenvalue weighted by Crippen LogP contribution is 2.23. The van der Waals surface area contributed by atoms with Gasteiger partial charge in [-0.25, -0.2) is 4.39 Å². The molecule has 0 radical (unpaired) electrons. The summed E-state index contributed by atoms with van der Waals surface area (Å²) < 4.78 is 13.3. The Labute approximate surface area is 150 Å². The molecule has 0 fully saturated rings. The van der Waals surface area contributed by atoms with Crippen LogP contribution in [0.15, 0.2) is 78.9 Å². The molecule has 0 aromatic heterocycles. The van der Waals surface area contributed by atoms with E-state index in [2.05, 4.69) is 5.32 Å². The first-order valence-electron chi connectivity index (χ1n) is 8.06. The second-order valence-electron chi connectivity index (χ2n) is 5.81. The van der Waals surface area contributed by atoms with Crippen LogP contribution in [0.4, 0.5) is 4.39 Å². The number of nitrogens with two attached hydrogens (primary N) is 1. The first-order valence-corrected chi connectivity index (χ1v) is 8.06. The lowest BCUT2D eigenvalue weighted by atomic mass is 9.98. The van der Waals surface area contributed by atoms with Gasteiger partial charge in [0.05, 0.1) is 6.04 Å². The average Bonchev–Trinajstić information content (AvgIpc) is 2.67. The van der Waals surface area contributed by atoms with E-state index in [0.717, 1.165) is 11.1 Å². The van der Waals surface area contributed by atoms with Gasteiger partial charge in [0, 0.05) is 11.1 Å². The number of nitrogens with one attached hydrogen (secondary N) is 1. The van der Waals surface area contributed by atoms with Crippen LogP contribution in [0.2, 0.25) is 0 Å². The lowest BCUT2D eigenvalue weighted by Gasteiger charge is -2.20. The first kappa shape index (κ1) is 17.4. The van der Waals surface area contributed by atoms with Crippen LogP contribution in [0.3, 0.4) is 0 Å². The summed E-state index contributed by atoms with van der Waals surface area (Å²) in [7, 11) is 0. The van der Waals surface area contributed by atoms with Gasteiger partial charge in [-0.05, 0) is 47.5 Å². The van der Waals surface area contributed by atoms with E-state index in [4.69, 9.17) is 5.73 Å². The molecule has 3 rings (SSSR count). The van der Waals surface area contributed by atoms with Crippen LogP contribution >= 0.6 is 0 Å². The molecule has 3 aromatic rings. The van der Waals surface area contributed by atoms with Gasteiger partial charge in [0.15, 0.2) is 0 Å². The molecule has 130 valence electrons. The molecule has 0 saturated heterocycles. The van der Waals surface area contributed by atoms with Crippen molar-refractivity contribution in [3.05, 3.63) is 107 Å². The standard InChI is InChI=1S/C21H17FN2O2/c22-18-12-10-15(11-13-18)19(14-4-2-1-3-5-14)24-21(26)17-8-6-16(7-9-17)20(23)25/h1-13,19H,(H2,23,25)(H,24,26). The summed E-state index contributed by atoms with van der Waals surface area (Å²) in [5, 5.41) is 2.96. The van der Waals surface area contributed by atoms with E-state index in [1.165, 1.54) is 24.3 Å². The molecule has 0 aliphatic rings. The number of benzene rings is 3. The molecule has 2 amide bonds. The Morgan fingerprint density at radius 2 is 1.31 bits per heavy atom. The highest BCUT2D eigenvalue weighted by Gasteiger charge is 2.18. The smallest absolute Gasteiger partial charge is 0.252 e. The van der Waals surface area contributed by atoms with Crippen molar-refractivity contribution in [2.24, 2.45) is 5.73 Å². The van der Waals surface area contributed by atoms with E-state index < -0.39 is 11.9 Å². The predicted octanol–water partition coefficient (Wildman–Crippen LogP) is 3.44. The van der Waals surface area contributed by atoms with Gasteiger partial charge >= 0.3 is 0 Å². The third-order valence-corrected chi connectivity index (χ3v) is 4.04. The van der Waals surface area contributed by atoms with Gasteiger partial charge in [-0.2, -0.15) is 0 Å². The van der Waals surface area contributed by atoms with Gasteiger partial charge in [-0.15, -0.1) is 0 Å². The first-order chi connectivity index (χ1) is 12.5. The molecule has 5 heteroatoms. The van der Waals surface area contributed by atoms with Gasteiger partial charge in [0.25, 0.3) is 5.91 Å². The molecule has 0 saturated carbocycles. The zero-order valence-electron chi connectivity index (χ0n) is 13.9. The van der Waals surface area contributed by atoms with Gasteiger partial charge in [0.1, 0.15) is 5.82 Å². The summed E-state index contributed by atoms with van der Waals surface area (Å²) in [6, 6.07) is 21.1. The molecule has 1 atom stereocenters. The number of carbonyl (C=O) groups is 2. The summed E-state index contributed by atoms with van der Waals surface area (Å²) in [4.78, 5) is 23.8. The highest BCUT2D eigenvalue weighted by atomic mass is 19.1. The minimum atomic E-state index is -0.551. The van der Waals surface area contributed by atoms with E-state index in [9.17, 15) is 14.0 Å². The zero-order valence-corrected chi connectivity index (χ0v) is 13.9. The monoisotopic (exact) mass is 348 g/mol. The van der Waals surface area contributed by atoms with Crippen molar-refractivity contribution in [1.29, 1.82) is 0 Å². The Morgan fingerprint density at radius 3 is 1.88 bits per heavy atom. The Morgan fingerprint density at radius 1 is 0.769 bits per heavy atom. The summed E-state index contributed by atoms with van der Waals surface area (Å²) in [6.45, 7) is 0. The Kier molecular flexibility index (Phi) is 5.08. The van der Waals surface area contributed by atoms with Crippen molar-refractivity contribution < 1.29 is 14.0 Å². The van der Waals surface area contributed by atoms with Gasteiger partial charge in [0.2, 0.25) is 5.91 Å².